The molecule has 1 atom stereocenters. The summed E-state index contributed by atoms with van der Waals surface area (Å²) in [5.74, 6) is 0.355. The fraction of sp³-hybridized carbons (Fsp3) is 0.435. The summed E-state index contributed by atoms with van der Waals surface area (Å²) in [6.07, 6.45) is 6.06. The van der Waals surface area contributed by atoms with Gasteiger partial charge in [-0.1, -0.05) is 25.3 Å². The summed E-state index contributed by atoms with van der Waals surface area (Å²) in [7, 11) is 0. The maximum atomic E-state index is 12.9. The minimum absolute atomic E-state index is 0.125. The first kappa shape index (κ1) is 21.8. The molecule has 0 bridgehead atoms. The summed E-state index contributed by atoms with van der Waals surface area (Å²) >= 11 is 1.50. The normalized spacial score (nSPS) is 17.0. The van der Waals surface area contributed by atoms with Crippen LogP contribution in [0.5, 0.6) is 0 Å². The van der Waals surface area contributed by atoms with E-state index in [1.165, 1.54) is 30.0 Å². The summed E-state index contributed by atoms with van der Waals surface area (Å²) in [6.45, 7) is 3.84. The van der Waals surface area contributed by atoms with E-state index < -0.39 is 12.0 Å². The van der Waals surface area contributed by atoms with Crippen LogP contribution < -0.4 is 5.32 Å². The van der Waals surface area contributed by atoms with Crippen molar-refractivity contribution in [1.82, 2.24) is 15.0 Å². The van der Waals surface area contributed by atoms with E-state index in [2.05, 4.69) is 20.3 Å². The minimum Gasteiger partial charge on any atom is -0.383 e. The lowest BCUT2D eigenvalue weighted by atomic mass is 9.78. The number of nitrogens with zero attached hydrogens (tertiary/aromatic N) is 3. The van der Waals surface area contributed by atoms with Crippen molar-refractivity contribution in [1.29, 1.82) is 0 Å². The molecule has 1 aliphatic rings. The van der Waals surface area contributed by atoms with Crippen LogP contribution in [-0.2, 0) is 5.60 Å². The standard InChI is InChI=1S/C23H26F2N4OS/c1-14-10-15(12-17(11-14)28-22-26-9-8-18(29-22)20(24)25)19-13-27-21(31-19)23(2,30)16-6-4-3-5-7-16/h8-13,16,20,30H,3-7H2,1-2H3,(H,26,28,29). The molecule has 2 aromatic heterocycles. The van der Waals surface area contributed by atoms with Gasteiger partial charge in [0.1, 0.15) is 16.3 Å². The van der Waals surface area contributed by atoms with E-state index in [9.17, 15) is 13.9 Å². The Hall–Kier alpha value is -2.45. The zero-order chi connectivity index (χ0) is 22.0. The minimum atomic E-state index is -2.65. The van der Waals surface area contributed by atoms with Crippen molar-refractivity contribution in [2.24, 2.45) is 5.92 Å². The zero-order valence-corrected chi connectivity index (χ0v) is 18.4. The molecule has 31 heavy (non-hydrogen) atoms. The lowest BCUT2D eigenvalue weighted by molar-refractivity contribution is -0.0216. The topological polar surface area (TPSA) is 70.9 Å². The number of hydrogen-bond donors (Lipinski definition) is 2. The maximum Gasteiger partial charge on any atom is 0.280 e. The highest BCUT2D eigenvalue weighted by Gasteiger charge is 2.37. The van der Waals surface area contributed by atoms with Gasteiger partial charge in [-0.15, -0.1) is 11.3 Å². The molecule has 5 nitrogen and oxygen atoms in total. The molecule has 0 saturated heterocycles. The predicted octanol–water partition coefficient (Wildman–Crippen LogP) is 6.38. The van der Waals surface area contributed by atoms with Crippen LogP contribution in [-0.4, -0.2) is 20.1 Å². The molecule has 1 aromatic carbocycles. The van der Waals surface area contributed by atoms with Gasteiger partial charge < -0.3 is 10.4 Å². The van der Waals surface area contributed by atoms with Gasteiger partial charge in [0, 0.05) is 18.1 Å². The number of aromatic nitrogens is 3. The van der Waals surface area contributed by atoms with Crippen LogP contribution in [0.15, 0.2) is 36.7 Å². The maximum absolute atomic E-state index is 12.9. The van der Waals surface area contributed by atoms with Crippen molar-refractivity contribution in [3.63, 3.8) is 0 Å². The van der Waals surface area contributed by atoms with Gasteiger partial charge in [-0.25, -0.2) is 23.7 Å². The molecule has 1 fully saturated rings. The number of nitrogens with one attached hydrogen (secondary N) is 1. The quantitative estimate of drug-likeness (QED) is 0.462. The Morgan fingerprint density at radius 2 is 1.94 bits per heavy atom. The number of anilines is 2. The Morgan fingerprint density at radius 1 is 1.16 bits per heavy atom. The summed E-state index contributed by atoms with van der Waals surface area (Å²) in [5, 5.41) is 15.0. The van der Waals surface area contributed by atoms with Crippen LogP contribution in [0.1, 0.15) is 61.7 Å². The number of halogens is 2. The third-order valence-corrected chi connectivity index (χ3v) is 7.13. The number of thiazole rings is 1. The van der Waals surface area contributed by atoms with Gasteiger partial charge in [-0.3, -0.25) is 0 Å². The summed E-state index contributed by atoms with van der Waals surface area (Å²) in [4.78, 5) is 13.4. The second kappa shape index (κ2) is 8.96. The molecular weight excluding hydrogens is 418 g/mol. The van der Waals surface area contributed by atoms with E-state index in [0.717, 1.165) is 46.7 Å². The Kier molecular flexibility index (Phi) is 6.29. The molecule has 0 radical (unpaired) electrons. The number of alkyl halides is 2. The average molecular weight is 445 g/mol. The van der Waals surface area contributed by atoms with Crippen LogP contribution in [0.25, 0.3) is 10.4 Å². The van der Waals surface area contributed by atoms with Crippen LogP contribution in [0.3, 0.4) is 0 Å². The van der Waals surface area contributed by atoms with E-state index in [0.29, 0.717) is 5.69 Å². The summed E-state index contributed by atoms with van der Waals surface area (Å²) in [5.41, 5.74) is 1.39. The number of benzene rings is 1. The van der Waals surface area contributed by atoms with Gasteiger partial charge in [0.05, 0.1) is 4.88 Å². The van der Waals surface area contributed by atoms with Gasteiger partial charge in [0.15, 0.2) is 0 Å². The van der Waals surface area contributed by atoms with E-state index >= 15 is 0 Å². The van der Waals surface area contributed by atoms with Crippen molar-refractivity contribution < 1.29 is 13.9 Å². The number of rotatable bonds is 6. The van der Waals surface area contributed by atoms with Crippen molar-refractivity contribution in [2.45, 2.75) is 58.0 Å². The fourth-order valence-electron chi connectivity index (χ4n) is 4.16. The zero-order valence-electron chi connectivity index (χ0n) is 17.6. The third kappa shape index (κ3) is 4.91. The molecule has 0 amide bonds. The molecule has 164 valence electrons. The number of hydrogen-bond acceptors (Lipinski definition) is 6. The Bertz CT molecular complexity index is 1050. The highest BCUT2D eigenvalue weighted by atomic mass is 32.1. The van der Waals surface area contributed by atoms with Crippen LogP contribution >= 0.6 is 11.3 Å². The largest absolute Gasteiger partial charge is 0.383 e. The molecule has 0 spiro atoms. The summed E-state index contributed by atoms with van der Waals surface area (Å²) in [6, 6.07) is 7.06. The average Bonchev–Trinajstić information content (AvgIpc) is 3.25. The van der Waals surface area contributed by atoms with Crippen molar-refractivity contribution >= 4 is 23.0 Å². The number of aryl methyl sites for hydroxylation is 1. The predicted molar refractivity (Wildman–Crippen MR) is 119 cm³/mol. The smallest absolute Gasteiger partial charge is 0.280 e. The van der Waals surface area contributed by atoms with Gasteiger partial charge in [-0.2, -0.15) is 0 Å². The van der Waals surface area contributed by atoms with E-state index in [1.807, 2.05) is 32.0 Å². The Balaban J connectivity index is 1.58. The monoisotopic (exact) mass is 444 g/mol. The fourth-order valence-corrected chi connectivity index (χ4v) is 5.19. The van der Waals surface area contributed by atoms with Gasteiger partial charge in [0.25, 0.3) is 6.43 Å². The second-order valence-electron chi connectivity index (χ2n) is 8.33. The number of aliphatic hydroxyl groups is 1. The molecule has 1 aliphatic carbocycles. The highest BCUT2D eigenvalue weighted by molar-refractivity contribution is 7.15. The molecule has 0 aliphatic heterocycles. The van der Waals surface area contributed by atoms with Gasteiger partial charge >= 0.3 is 0 Å². The Morgan fingerprint density at radius 3 is 2.68 bits per heavy atom. The molecule has 2 heterocycles. The molecule has 2 N–H and O–H groups in total. The van der Waals surface area contributed by atoms with E-state index in [1.54, 1.807) is 6.20 Å². The molecule has 8 heteroatoms. The van der Waals surface area contributed by atoms with Crippen LogP contribution in [0.2, 0.25) is 0 Å². The van der Waals surface area contributed by atoms with Crippen molar-refractivity contribution in [3.05, 3.63) is 52.9 Å². The molecule has 4 rings (SSSR count). The molecule has 3 aromatic rings. The van der Waals surface area contributed by atoms with Crippen molar-refractivity contribution in [2.75, 3.05) is 5.32 Å². The third-order valence-electron chi connectivity index (χ3n) is 5.86. The Labute approximate surface area is 184 Å². The lowest BCUT2D eigenvalue weighted by Gasteiger charge is -2.33. The van der Waals surface area contributed by atoms with Crippen molar-refractivity contribution in [3.8, 4) is 10.4 Å². The molecule has 1 saturated carbocycles. The molecule has 1 unspecified atom stereocenters. The van der Waals surface area contributed by atoms with E-state index in [-0.39, 0.29) is 17.6 Å². The van der Waals surface area contributed by atoms with Gasteiger partial charge in [-0.05, 0) is 61.9 Å². The first-order chi connectivity index (χ1) is 14.8. The first-order valence-electron chi connectivity index (χ1n) is 10.5. The first-order valence-corrected chi connectivity index (χ1v) is 11.3. The summed E-state index contributed by atoms with van der Waals surface area (Å²) < 4.78 is 25.8. The second-order valence-corrected chi connectivity index (χ2v) is 9.36. The van der Waals surface area contributed by atoms with Gasteiger partial charge in [0.2, 0.25) is 5.95 Å². The molecular formula is C23H26F2N4OS. The van der Waals surface area contributed by atoms with Crippen LogP contribution in [0, 0.1) is 12.8 Å². The van der Waals surface area contributed by atoms with E-state index in [4.69, 9.17) is 0 Å². The SMILES string of the molecule is Cc1cc(Nc2nccc(C(F)F)n2)cc(-c2cnc(C(C)(O)C3CCCCC3)s2)c1. The lowest BCUT2D eigenvalue weighted by Crippen LogP contribution is -2.33. The highest BCUT2D eigenvalue weighted by Crippen LogP contribution is 2.42. The van der Waals surface area contributed by atoms with Crippen LogP contribution in [0.4, 0.5) is 20.4 Å².